The Hall–Kier alpha value is -2.62. The van der Waals surface area contributed by atoms with Crippen LogP contribution in [-0.2, 0) is 22.4 Å². The predicted molar refractivity (Wildman–Crippen MR) is 97.3 cm³/mol. The molecule has 4 nitrogen and oxygen atoms in total. The van der Waals surface area contributed by atoms with Gasteiger partial charge < -0.3 is 9.80 Å². The molecule has 1 saturated heterocycles. The summed E-state index contributed by atoms with van der Waals surface area (Å²) in [6.07, 6.45) is 2.08. The number of benzene rings is 2. The second kappa shape index (κ2) is 6.71. The van der Waals surface area contributed by atoms with Gasteiger partial charge in [0, 0.05) is 31.7 Å². The average Bonchev–Trinajstić information content (AvgIpc) is 3.24. The number of para-hydroxylation sites is 1. The van der Waals surface area contributed by atoms with Crippen LogP contribution in [0, 0.1) is 5.92 Å². The molecule has 2 aromatic rings. The molecule has 0 saturated carbocycles. The lowest BCUT2D eigenvalue weighted by Gasteiger charge is -2.21. The fourth-order valence-corrected chi connectivity index (χ4v) is 3.85. The Bertz CT molecular complexity index is 787. The fourth-order valence-electron chi connectivity index (χ4n) is 3.85. The van der Waals surface area contributed by atoms with Gasteiger partial charge in [0.1, 0.15) is 0 Å². The Morgan fingerprint density at radius 2 is 1.80 bits per heavy atom. The Labute approximate surface area is 148 Å². The van der Waals surface area contributed by atoms with Crippen LogP contribution in [0.5, 0.6) is 0 Å². The van der Waals surface area contributed by atoms with Gasteiger partial charge in [-0.2, -0.15) is 0 Å². The van der Waals surface area contributed by atoms with Gasteiger partial charge in [-0.05, 0) is 30.0 Å². The van der Waals surface area contributed by atoms with E-state index in [1.54, 1.807) is 0 Å². The first-order chi connectivity index (χ1) is 12.2. The number of likely N-dealkylation sites (tertiary alicyclic amines) is 1. The van der Waals surface area contributed by atoms with Gasteiger partial charge >= 0.3 is 0 Å². The number of anilines is 1. The lowest BCUT2D eigenvalue weighted by Crippen LogP contribution is -2.36. The summed E-state index contributed by atoms with van der Waals surface area (Å²) < 4.78 is 0. The van der Waals surface area contributed by atoms with Crippen LogP contribution in [-0.4, -0.2) is 36.3 Å². The van der Waals surface area contributed by atoms with Crippen LogP contribution in [0.2, 0.25) is 0 Å². The minimum Gasteiger partial charge on any atom is -0.342 e. The maximum absolute atomic E-state index is 12.9. The first-order valence-electron chi connectivity index (χ1n) is 8.93. The molecule has 2 amide bonds. The van der Waals surface area contributed by atoms with E-state index in [-0.39, 0.29) is 17.7 Å². The van der Waals surface area contributed by atoms with Crippen LogP contribution in [0.25, 0.3) is 0 Å². The van der Waals surface area contributed by atoms with Gasteiger partial charge in [0.15, 0.2) is 0 Å². The summed E-state index contributed by atoms with van der Waals surface area (Å²) in [6, 6.07) is 18.2. The van der Waals surface area contributed by atoms with Crippen molar-refractivity contribution in [1.82, 2.24) is 4.90 Å². The minimum atomic E-state index is -0.213. The summed E-state index contributed by atoms with van der Waals surface area (Å²) in [4.78, 5) is 29.0. The van der Waals surface area contributed by atoms with Crippen LogP contribution in [0.15, 0.2) is 54.6 Å². The monoisotopic (exact) mass is 334 g/mol. The molecule has 1 unspecified atom stereocenters. The molecule has 25 heavy (non-hydrogen) atoms. The van der Waals surface area contributed by atoms with Crippen molar-refractivity contribution in [1.29, 1.82) is 0 Å². The van der Waals surface area contributed by atoms with E-state index in [1.165, 1.54) is 11.1 Å². The Morgan fingerprint density at radius 3 is 2.64 bits per heavy atom. The molecular formula is C21H22N2O2. The molecule has 0 spiro atoms. The van der Waals surface area contributed by atoms with Gasteiger partial charge in [-0.1, -0.05) is 48.5 Å². The zero-order chi connectivity index (χ0) is 17.2. The summed E-state index contributed by atoms with van der Waals surface area (Å²) in [5.74, 6) is -0.0169. The van der Waals surface area contributed by atoms with Crippen molar-refractivity contribution in [2.24, 2.45) is 5.92 Å². The number of fused-ring (bicyclic) bond motifs is 1. The summed E-state index contributed by atoms with van der Waals surface area (Å²) in [7, 11) is 0. The lowest BCUT2D eigenvalue weighted by atomic mass is 10.1. The molecule has 1 atom stereocenters. The zero-order valence-corrected chi connectivity index (χ0v) is 14.2. The second-order valence-electron chi connectivity index (χ2n) is 6.84. The molecule has 4 heteroatoms. The highest BCUT2D eigenvalue weighted by Gasteiger charge is 2.38. The lowest BCUT2D eigenvalue weighted by molar-refractivity contribution is -0.128. The number of carbonyl (C=O) groups is 2. The smallest absolute Gasteiger partial charge is 0.232 e. The topological polar surface area (TPSA) is 40.6 Å². The highest BCUT2D eigenvalue weighted by Crippen LogP contribution is 2.31. The van der Waals surface area contributed by atoms with Crippen molar-refractivity contribution in [3.8, 4) is 0 Å². The quantitative estimate of drug-likeness (QED) is 0.862. The van der Waals surface area contributed by atoms with E-state index in [9.17, 15) is 9.59 Å². The Balaban J connectivity index is 1.40. The van der Waals surface area contributed by atoms with E-state index in [1.807, 2.05) is 46.2 Å². The summed E-state index contributed by atoms with van der Waals surface area (Å²) in [5, 5.41) is 0. The summed E-state index contributed by atoms with van der Waals surface area (Å²) in [6.45, 7) is 1.96. The molecule has 4 rings (SSSR count). The van der Waals surface area contributed by atoms with Crippen LogP contribution < -0.4 is 4.90 Å². The van der Waals surface area contributed by atoms with Gasteiger partial charge in [-0.15, -0.1) is 0 Å². The van der Waals surface area contributed by atoms with Crippen LogP contribution in [0.4, 0.5) is 5.69 Å². The van der Waals surface area contributed by atoms with E-state index >= 15 is 0 Å². The van der Waals surface area contributed by atoms with Crippen LogP contribution >= 0.6 is 0 Å². The molecule has 128 valence electrons. The van der Waals surface area contributed by atoms with Gasteiger partial charge in [-0.25, -0.2) is 0 Å². The Kier molecular flexibility index (Phi) is 4.26. The number of amides is 2. The van der Waals surface area contributed by atoms with Crippen molar-refractivity contribution in [3.63, 3.8) is 0 Å². The molecular weight excluding hydrogens is 312 g/mol. The maximum atomic E-state index is 12.9. The molecule has 1 fully saturated rings. The highest BCUT2D eigenvalue weighted by atomic mass is 16.2. The normalized spacial score (nSPS) is 19.4. The van der Waals surface area contributed by atoms with Crippen LogP contribution in [0.1, 0.15) is 17.5 Å². The van der Waals surface area contributed by atoms with E-state index < -0.39 is 0 Å². The molecule has 0 bridgehead atoms. The SMILES string of the molecule is O=C1CC(C(=O)N2CCc3ccccc32)CN1CCc1ccccc1. The van der Waals surface area contributed by atoms with E-state index in [0.29, 0.717) is 19.5 Å². The molecule has 2 aliphatic heterocycles. The zero-order valence-electron chi connectivity index (χ0n) is 14.2. The van der Waals surface area contributed by atoms with Gasteiger partial charge in [-0.3, -0.25) is 9.59 Å². The van der Waals surface area contributed by atoms with Crippen molar-refractivity contribution >= 4 is 17.5 Å². The number of nitrogens with zero attached hydrogens (tertiary/aromatic N) is 2. The van der Waals surface area contributed by atoms with Gasteiger partial charge in [0.25, 0.3) is 0 Å². The molecule has 0 N–H and O–H groups in total. The number of rotatable bonds is 4. The molecule has 0 radical (unpaired) electrons. The first-order valence-corrected chi connectivity index (χ1v) is 8.93. The molecule has 2 aliphatic rings. The van der Waals surface area contributed by atoms with Crippen LogP contribution in [0.3, 0.4) is 0 Å². The maximum Gasteiger partial charge on any atom is 0.232 e. The summed E-state index contributed by atoms with van der Waals surface area (Å²) >= 11 is 0. The van der Waals surface area contributed by atoms with Crippen molar-refractivity contribution < 1.29 is 9.59 Å². The minimum absolute atomic E-state index is 0.0977. The molecule has 2 heterocycles. The predicted octanol–water partition coefficient (Wildman–Crippen LogP) is 2.67. The van der Waals surface area contributed by atoms with E-state index in [2.05, 4.69) is 18.2 Å². The van der Waals surface area contributed by atoms with Crippen molar-refractivity contribution in [2.45, 2.75) is 19.3 Å². The third kappa shape index (κ3) is 3.16. The number of hydrogen-bond donors (Lipinski definition) is 0. The second-order valence-corrected chi connectivity index (χ2v) is 6.84. The van der Waals surface area contributed by atoms with Crippen molar-refractivity contribution in [3.05, 3.63) is 65.7 Å². The van der Waals surface area contributed by atoms with E-state index in [4.69, 9.17) is 0 Å². The highest BCUT2D eigenvalue weighted by molar-refractivity contribution is 6.00. The van der Waals surface area contributed by atoms with Gasteiger partial charge in [0.05, 0.1) is 5.92 Å². The summed E-state index contributed by atoms with van der Waals surface area (Å²) in [5.41, 5.74) is 3.46. The van der Waals surface area contributed by atoms with Crippen molar-refractivity contribution in [2.75, 3.05) is 24.5 Å². The number of hydrogen-bond acceptors (Lipinski definition) is 2. The first kappa shape index (κ1) is 15.9. The largest absolute Gasteiger partial charge is 0.342 e. The Morgan fingerprint density at radius 1 is 1.04 bits per heavy atom. The molecule has 0 aromatic heterocycles. The third-order valence-corrected chi connectivity index (χ3v) is 5.23. The van der Waals surface area contributed by atoms with E-state index in [0.717, 1.165) is 25.1 Å². The third-order valence-electron chi connectivity index (χ3n) is 5.23. The average molecular weight is 334 g/mol. The molecule has 0 aliphatic carbocycles. The standard InChI is InChI=1S/C21H22N2O2/c24-20-14-18(15-22(20)12-10-16-6-2-1-3-7-16)21(25)23-13-11-17-8-4-5-9-19(17)23/h1-9,18H,10-15H2. The molecule has 2 aromatic carbocycles. The number of carbonyl (C=O) groups excluding carboxylic acids is 2. The fraction of sp³-hybridized carbons (Fsp3) is 0.333. The van der Waals surface area contributed by atoms with Gasteiger partial charge in [0.2, 0.25) is 11.8 Å².